The fourth-order valence-electron chi connectivity index (χ4n) is 5.56. The van der Waals surface area contributed by atoms with Gasteiger partial charge in [0, 0.05) is 18.7 Å². The number of aliphatic hydroxyl groups is 1. The minimum atomic E-state index is -1.29. The van der Waals surface area contributed by atoms with Crippen LogP contribution in [0.1, 0.15) is 69.6 Å². The molecule has 0 spiro atoms. The van der Waals surface area contributed by atoms with E-state index in [4.69, 9.17) is 0 Å². The molecule has 3 amide bonds. The number of nitrogens with zero attached hydrogens (tertiary/aromatic N) is 1. The molecule has 0 bridgehead atoms. The van der Waals surface area contributed by atoms with Gasteiger partial charge in [0.15, 0.2) is 0 Å². The molecule has 40 heavy (non-hydrogen) atoms. The van der Waals surface area contributed by atoms with E-state index in [1.807, 2.05) is 4.90 Å². The van der Waals surface area contributed by atoms with Crippen LogP contribution in [0.5, 0.6) is 0 Å². The highest BCUT2D eigenvalue weighted by atomic mass is 19.1. The molecule has 2 aromatic rings. The molecule has 0 aromatic heterocycles. The van der Waals surface area contributed by atoms with Gasteiger partial charge in [-0.2, -0.15) is 0 Å². The van der Waals surface area contributed by atoms with E-state index in [-0.39, 0.29) is 23.9 Å². The van der Waals surface area contributed by atoms with E-state index in [1.165, 1.54) is 6.92 Å². The van der Waals surface area contributed by atoms with E-state index in [1.54, 1.807) is 30.3 Å². The van der Waals surface area contributed by atoms with Crippen molar-refractivity contribution in [3.05, 3.63) is 71.3 Å². The first-order valence-corrected chi connectivity index (χ1v) is 14.2. The van der Waals surface area contributed by atoms with Crippen LogP contribution in [-0.2, 0) is 20.8 Å². The summed E-state index contributed by atoms with van der Waals surface area (Å²) in [4.78, 5) is 41.8. The molecule has 216 valence electrons. The zero-order valence-electron chi connectivity index (χ0n) is 23.1. The van der Waals surface area contributed by atoms with Gasteiger partial charge in [-0.15, -0.1) is 0 Å². The maximum absolute atomic E-state index is 14.1. The van der Waals surface area contributed by atoms with Crippen molar-refractivity contribution in [2.75, 3.05) is 6.54 Å². The Morgan fingerprint density at radius 3 is 2.25 bits per heavy atom. The second-order valence-corrected chi connectivity index (χ2v) is 11.3. The van der Waals surface area contributed by atoms with Crippen LogP contribution in [0.3, 0.4) is 0 Å². The molecule has 2 aromatic carbocycles. The summed E-state index contributed by atoms with van der Waals surface area (Å²) < 4.78 is 27.0. The van der Waals surface area contributed by atoms with Crippen molar-refractivity contribution in [2.24, 2.45) is 11.8 Å². The molecule has 7 nitrogen and oxygen atoms in total. The normalized spacial score (nSPS) is 21.1. The minimum Gasteiger partial charge on any atom is -0.386 e. The topological polar surface area (TPSA) is 98.7 Å². The molecule has 2 fully saturated rings. The fraction of sp³-hybridized carbons (Fsp3) is 0.516. The number of benzene rings is 2. The molecule has 2 aliphatic rings. The van der Waals surface area contributed by atoms with Gasteiger partial charge >= 0.3 is 0 Å². The molecule has 5 atom stereocenters. The number of amides is 3. The number of halogens is 2. The first kappa shape index (κ1) is 29.6. The first-order chi connectivity index (χ1) is 19.1. The predicted octanol–water partition coefficient (Wildman–Crippen LogP) is 4.05. The molecule has 3 N–H and O–H groups in total. The van der Waals surface area contributed by atoms with Gasteiger partial charge in [0.05, 0.1) is 6.42 Å². The third-order valence-electron chi connectivity index (χ3n) is 7.98. The van der Waals surface area contributed by atoms with Gasteiger partial charge in [-0.05, 0) is 67.7 Å². The molecular formula is C31H39F2N3O4. The number of hydrogen-bond donors (Lipinski definition) is 3. The van der Waals surface area contributed by atoms with Crippen LogP contribution in [-0.4, -0.2) is 52.4 Å². The maximum Gasteiger partial charge on any atom is 0.248 e. The van der Waals surface area contributed by atoms with Gasteiger partial charge in [-0.3, -0.25) is 14.4 Å². The second-order valence-electron chi connectivity index (χ2n) is 11.3. The van der Waals surface area contributed by atoms with Crippen molar-refractivity contribution in [3.63, 3.8) is 0 Å². The van der Waals surface area contributed by atoms with Crippen molar-refractivity contribution in [1.82, 2.24) is 15.5 Å². The molecule has 0 radical (unpaired) electrons. The number of carbonyl (C=O) groups is 3. The Balaban J connectivity index is 1.50. The van der Waals surface area contributed by atoms with Crippen LogP contribution in [0.2, 0.25) is 0 Å². The summed E-state index contributed by atoms with van der Waals surface area (Å²) >= 11 is 0. The molecule has 0 aliphatic heterocycles. The Labute approximate surface area is 234 Å². The molecule has 4 rings (SSSR count). The van der Waals surface area contributed by atoms with Gasteiger partial charge < -0.3 is 20.6 Å². The van der Waals surface area contributed by atoms with Crippen molar-refractivity contribution >= 4 is 17.7 Å². The zero-order valence-corrected chi connectivity index (χ0v) is 23.1. The van der Waals surface area contributed by atoms with E-state index >= 15 is 0 Å². The van der Waals surface area contributed by atoms with Gasteiger partial charge in [-0.1, -0.05) is 50.1 Å². The average molecular weight is 556 g/mol. The third-order valence-corrected chi connectivity index (χ3v) is 7.98. The lowest BCUT2D eigenvalue weighted by atomic mass is 9.84. The Bertz CT molecular complexity index is 1170. The molecule has 2 saturated carbocycles. The summed E-state index contributed by atoms with van der Waals surface area (Å²) in [5.41, 5.74) is 0.626. The first-order valence-electron chi connectivity index (χ1n) is 14.2. The molecule has 0 unspecified atom stereocenters. The average Bonchev–Trinajstić information content (AvgIpc) is 3.74. The second kappa shape index (κ2) is 13.4. The summed E-state index contributed by atoms with van der Waals surface area (Å²) in [6.07, 6.45) is 4.55. The lowest BCUT2D eigenvalue weighted by Gasteiger charge is -2.41. The Morgan fingerprint density at radius 1 is 0.975 bits per heavy atom. The van der Waals surface area contributed by atoms with Gasteiger partial charge in [0.2, 0.25) is 17.7 Å². The summed E-state index contributed by atoms with van der Waals surface area (Å²) in [6.45, 7) is 4.21. The number of hydrogen-bond acceptors (Lipinski definition) is 4. The van der Waals surface area contributed by atoms with Crippen LogP contribution < -0.4 is 10.6 Å². The Hall–Kier alpha value is -3.33. The van der Waals surface area contributed by atoms with Crippen molar-refractivity contribution < 1.29 is 28.3 Å². The number of nitrogens with one attached hydrogen (secondary N) is 2. The maximum atomic E-state index is 14.1. The Morgan fingerprint density at radius 2 is 1.62 bits per heavy atom. The van der Waals surface area contributed by atoms with Crippen LogP contribution in [0.25, 0.3) is 0 Å². The smallest absolute Gasteiger partial charge is 0.248 e. The number of aliphatic hydroxyl groups excluding tert-OH is 1. The quantitative estimate of drug-likeness (QED) is 0.390. The standard InChI is InChI=1S/C31H39F2N3O4/c1-19-8-6-7-11-26(19)36(18-21-12-13-21)31(40)28(29(38)23-9-4-3-5-10-23)35-30(39)20(2)34-27(37)16-22-14-24(32)17-25(33)15-22/h3-5,9-10,14-15,17,19-21,26,28-29,38H,6-8,11-13,16,18H2,1-2H3,(H,34,37)(H,35,39)/t19-,20-,26-,28+,29+/m0/s1. The summed E-state index contributed by atoms with van der Waals surface area (Å²) in [5.74, 6) is -2.44. The van der Waals surface area contributed by atoms with Crippen LogP contribution in [0.4, 0.5) is 8.78 Å². The minimum absolute atomic E-state index is 0.0352. The van der Waals surface area contributed by atoms with Gasteiger partial charge in [0.1, 0.15) is 29.8 Å². The van der Waals surface area contributed by atoms with Crippen molar-refractivity contribution in [1.29, 1.82) is 0 Å². The summed E-state index contributed by atoms with van der Waals surface area (Å²) in [7, 11) is 0. The Kier molecular flexibility index (Phi) is 9.90. The van der Waals surface area contributed by atoms with Crippen LogP contribution in [0, 0.1) is 23.5 Å². The largest absolute Gasteiger partial charge is 0.386 e. The van der Waals surface area contributed by atoms with E-state index in [0.717, 1.165) is 50.7 Å². The number of rotatable bonds is 11. The number of carbonyl (C=O) groups excluding carboxylic acids is 3. The zero-order chi connectivity index (χ0) is 28.8. The van der Waals surface area contributed by atoms with E-state index < -0.39 is 41.6 Å². The van der Waals surface area contributed by atoms with E-state index in [2.05, 4.69) is 17.6 Å². The fourth-order valence-corrected chi connectivity index (χ4v) is 5.56. The lowest BCUT2D eigenvalue weighted by Crippen LogP contribution is -2.58. The highest BCUT2D eigenvalue weighted by Gasteiger charge is 2.40. The highest BCUT2D eigenvalue weighted by Crippen LogP contribution is 2.35. The molecular weight excluding hydrogens is 516 g/mol. The van der Waals surface area contributed by atoms with Crippen molar-refractivity contribution in [3.8, 4) is 0 Å². The van der Waals surface area contributed by atoms with Crippen LogP contribution >= 0.6 is 0 Å². The van der Waals surface area contributed by atoms with Crippen LogP contribution in [0.15, 0.2) is 48.5 Å². The summed E-state index contributed by atoms with van der Waals surface area (Å²) in [5, 5.41) is 16.6. The lowest BCUT2D eigenvalue weighted by molar-refractivity contribution is -0.144. The molecule has 0 heterocycles. The van der Waals surface area contributed by atoms with E-state index in [9.17, 15) is 28.3 Å². The van der Waals surface area contributed by atoms with Crippen molar-refractivity contribution in [2.45, 2.75) is 83.0 Å². The molecule has 0 saturated heterocycles. The van der Waals surface area contributed by atoms with Gasteiger partial charge in [-0.25, -0.2) is 8.78 Å². The predicted molar refractivity (Wildman–Crippen MR) is 147 cm³/mol. The summed E-state index contributed by atoms with van der Waals surface area (Å²) in [6, 6.07) is 9.27. The third kappa shape index (κ3) is 7.87. The van der Waals surface area contributed by atoms with E-state index in [0.29, 0.717) is 30.0 Å². The molecule has 2 aliphatic carbocycles. The highest BCUT2D eigenvalue weighted by molar-refractivity contribution is 5.92. The monoisotopic (exact) mass is 555 g/mol. The SMILES string of the molecule is C[C@H](NC(=O)Cc1cc(F)cc(F)c1)C(=O)N[C@@H](C(=O)N(CC1CC1)[C@H]1CCCC[C@@H]1C)[C@H](O)c1ccccc1. The molecule has 9 heteroatoms. The van der Waals surface area contributed by atoms with Gasteiger partial charge in [0.25, 0.3) is 0 Å².